The first-order valence-electron chi connectivity index (χ1n) is 9.92. The number of aryl methyl sites for hydroxylation is 2. The third-order valence-electron chi connectivity index (χ3n) is 6.46. The summed E-state index contributed by atoms with van der Waals surface area (Å²) in [6.07, 6.45) is 4.46. The van der Waals surface area contributed by atoms with Gasteiger partial charge in [0.2, 0.25) is 5.91 Å². The number of nitrogens with one attached hydrogen (secondary N) is 2. The lowest BCUT2D eigenvalue weighted by atomic mass is 9.68. The maximum absolute atomic E-state index is 12.3. The van der Waals surface area contributed by atoms with Crippen molar-refractivity contribution in [2.24, 2.45) is 24.6 Å². The van der Waals surface area contributed by atoms with Gasteiger partial charge in [0, 0.05) is 41.7 Å². The van der Waals surface area contributed by atoms with Crippen LogP contribution in [0, 0.1) is 30.1 Å². The van der Waals surface area contributed by atoms with Crippen LogP contribution in [0.2, 0.25) is 5.02 Å². The third-order valence-corrected chi connectivity index (χ3v) is 6.68. The van der Waals surface area contributed by atoms with E-state index in [0.717, 1.165) is 41.6 Å². The van der Waals surface area contributed by atoms with Gasteiger partial charge < -0.3 is 5.73 Å². The first-order valence-corrected chi connectivity index (χ1v) is 10.3. The summed E-state index contributed by atoms with van der Waals surface area (Å²) in [5.74, 6) is 0.468. The molecule has 2 heterocycles. The fourth-order valence-corrected chi connectivity index (χ4v) is 5.29. The molecule has 0 radical (unpaired) electrons. The lowest BCUT2D eigenvalue weighted by molar-refractivity contribution is -0.133. The van der Waals surface area contributed by atoms with Gasteiger partial charge in [-0.15, -0.1) is 0 Å². The zero-order valence-corrected chi connectivity index (χ0v) is 17.3. The van der Waals surface area contributed by atoms with Crippen molar-refractivity contribution in [3.8, 4) is 17.3 Å². The molecule has 1 aliphatic heterocycles. The summed E-state index contributed by atoms with van der Waals surface area (Å²) in [5, 5.41) is 14.8. The van der Waals surface area contributed by atoms with Gasteiger partial charge in [-0.3, -0.25) is 14.9 Å². The molecule has 1 saturated heterocycles. The van der Waals surface area contributed by atoms with Crippen LogP contribution in [0.4, 0.5) is 0 Å². The molecule has 2 fully saturated rings. The van der Waals surface area contributed by atoms with Crippen molar-refractivity contribution in [1.82, 2.24) is 20.6 Å². The Balaban J connectivity index is 1.74. The van der Waals surface area contributed by atoms with E-state index in [1.807, 2.05) is 37.0 Å². The normalized spacial score (nSPS) is 26.5. The minimum atomic E-state index is -0.00995. The Labute approximate surface area is 175 Å². The number of aromatic nitrogens is 2. The average molecular weight is 413 g/mol. The topological polar surface area (TPSA) is 109 Å². The summed E-state index contributed by atoms with van der Waals surface area (Å²) < 4.78 is 1.82. The lowest BCUT2D eigenvalue weighted by Gasteiger charge is -2.43. The number of benzene rings is 1. The molecule has 2 aromatic rings. The smallest absolute Gasteiger partial charge is 0.237 e. The second-order valence-electron chi connectivity index (χ2n) is 8.09. The molecule has 29 heavy (non-hydrogen) atoms. The number of amides is 1. The zero-order chi connectivity index (χ0) is 20.7. The Morgan fingerprint density at radius 3 is 2.93 bits per heavy atom. The maximum atomic E-state index is 12.3. The largest absolute Gasteiger partial charge is 0.329 e. The molecular weight excluding hydrogens is 388 g/mol. The predicted molar refractivity (Wildman–Crippen MR) is 111 cm³/mol. The highest BCUT2D eigenvalue weighted by Crippen LogP contribution is 2.45. The van der Waals surface area contributed by atoms with Crippen LogP contribution in [0.3, 0.4) is 0 Å². The maximum Gasteiger partial charge on any atom is 0.237 e. The monoisotopic (exact) mass is 412 g/mol. The molecule has 8 heteroatoms. The third kappa shape index (κ3) is 3.42. The van der Waals surface area contributed by atoms with Crippen molar-refractivity contribution in [2.75, 3.05) is 6.54 Å². The molecule has 7 nitrogen and oxygen atoms in total. The fourth-order valence-electron chi connectivity index (χ4n) is 5.02. The number of nitrogens with zero attached hydrogens (tertiary/aromatic N) is 3. The molecule has 4 N–H and O–H groups in total. The highest BCUT2D eigenvalue weighted by Gasteiger charge is 2.43. The molecule has 1 amide bonds. The number of hydrazine groups is 1. The number of carbonyl (C=O) groups is 1. The van der Waals surface area contributed by atoms with E-state index in [9.17, 15) is 10.1 Å². The molecule has 1 saturated carbocycles. The van der Waals surface area contributed by atoms with Gasteiger partial charge >= 0.3 is 0 Å². The lowest BCUT2D eigenvalue weighted by Crippen LogP contribution is -2.62. The van der Waals surface area contributed by atoms with Crippen LogP contribution in [0.15, 0.2) is 18.3 Å². The molecular formula is C21H25ClN6O. The first-order chi connectivity index (χ1) is 13.9. The van der Waals surface area contributed by atoms with Crippen molar-refractivity contribution in [3.63, 3.8) is 0 Å². The Morgan fingerprint density at radius 1 is 1.41 bits per heavy atom. The standard InChI is InChI=1S/C21H25ClN6O/c1-11-5-13(22)7-16(17(11)8-23)20-18(10-25-28(20)2)12-3-4-14-15(6-12)19(9-24)26-27-21(14)29/h5,7,10,12,14-15,19,26H,3-4,6,9,24H2,1-2H3,(H,27,29). The molecule has 152 valence electrons. The minimum absolute atomic E-state index is 0.00995. The van der Waals surface area contributed by atoms with E-state index in [4.69, 9.17) is 17.3 Å². The Hall–Kier alpha value is -2.40. The molecule has 1 aromatic heterocycles. The van der Waals surface area contributed by atoms with Crippen LogP contribution in [0.25, 0.3) is 11.3 Å². The van der Waals surface area contributed by atoms with Crippen LogP contribution >= 0.6 is 11.6 Å². The molecule has 1 aromatic carbocycles. The number of nitriles is 1. The van der Waals surface area contributed by atoms with Gasteiger partial charge in [0.15, 0.2) is 0 Å². The van der Waals surface area contributed by atoms with E-state index in [0.29, 0.717) is 17.1 Å². The van der Waals surface area contributed by atoms with Gasteiger partial charge in [-0.25, -0.2) is 5.43 Å². The minimum Gasteiger partial charge on any atom is -0.329 e. The number of hydrogen-bond acceptors (Lipinski definition) is 5. The summed E-state index contributed by atoms with van der Waals surface area (Å²) in [6.45, 7) is 2.37. The van der Waals surface area contributed by atoms with E-state index in [1.54, 1.807) is 0 Å². The number of fused-ring (bicyclic) bond motifs is 1. The number of carbonyl (C=O) groups excluding carboxylic acids is 1. The summed E-state index contributed by atoms with van der Waals surface area (Å²) in [7, 11) is 1.89. The van der Waals surface area contributed by atoms with Gasteiger partial charge in [-0.2, -0.15) is 10.4 Å². The van der Waals surface area contributed by atoms with Crippen LogP contribution in [0.5, 0.6) is 0 Å². The summed E-state index contributed by atoms with van der Waals surface area (Å²) in [4.78, 5) is 12.3. The molecule has 4 rings (SSSR count). The Morgan fingerprint density at radius 2 is 2.21 bits per heavy atom. The molecule has 4 unspecified atom stereocenters. The number of halogens is 1. The van der Waals surface area contributed by atoms with Crippen molar-refractivity contribution in [2.45, 2.75) is 38.1 Å². The van der Waals surface area contributed by atoms with Gasteiger partial charge in [-0.1, -0.05) is 11.6 Å². The van der Waals surface area contributed by atoms with Gasteiger partial charge in [-0.05, 0) is 55.7 Å². The van der Waals surface area contributed by atoms with Crippen LogP contribution in [0.1, 0.15) is 41.9 Å². The van der Waals surface area contributed by atoms with Crippen molar-refractivity contribution < 1.29 is 4.79 Å². The van der Waals surface area contributed by atoms with Gasteiger partial charge in [0.05, 0.1) is 17.5 Å². The molecule has 1 aliphatic carbocycles. The fraction of sp³-hybridized carbons (Fsp3) is 0.476. The Kier molecular flexibility index (Phi) is 5.34. The zero-order valence-electron chi connectivity index (χ0n) is 16.6. The van der Waals surface area contributed by atoms with E-state index in [1.165, 1.54) is 0 Å². The molecule has 4 atom stereocenters. The SMILES string of the molecule is Cc1cc(Cl)cc(-c2c(C3CCC4C(=O)NNC(CN)C4C3)cnn2C)c1C#N. The number of hydrogen-bond donors (Lipinski definition) is 3. The van der Waals surface area contributed by atoms with E-state index in [2.05, 4.69) is 22.0 Å². The van der Waals surface area contributed by atoms with Gasteiger partial charge in [0.25, 0.3) is 0 Å². The van der Waals surface area contributed by atoms with E-state index in [-0.39, 0.29) is 29.7 Å². The second kappa shape index (κ2) is 7.79. The molecule has 0 spiro atoms. The van der Waals surface area contributed by atoms with E-state index < -0.39 is 0 Å². The van der Waals surface area contributed by atoms with Crippen molar-refractivity contribution in [3.05, 3.63) is 40.0 Å². The van der Waals surface area contributed by atoms with Gasteiger partial charge in [0.1, 0.15) is 6.07 Å². The summed E-state index contributed by atoms with van der Waals surface area (Å²) >= 11 is 6.33. The number of nitrogens with two attached hydrogens (primary N) is 1. The quantitative estimate of drug-likeness (QED) is 0.717. The highest BCUT2D eigenvalue weighted by molar-refractivity contribution is 6.31. The van der Waals surface area contributed by atoms with Crippen molar-refractivity contribution >= 4 is 17.5 Å². The Bertz CT molecular complexity index is 994. The average Bonchev–Trinajstić information content (AvgIpc) is 3.09. The van der Waals surface area contributed by atoms with E-state index >= 15 is 0 Å². The van der Waals surface area contributed by atoms with Crippen LogP contribution < -0.4 is 16.6 Å². The number of rotatable bonds is 3. The van der Waals surface area contributed by atoms with Crippen LogP contribution in [-0.4, -0.2) is 28.3 Å². The predicted octanol–water partition coefficient (Wildman–Crippen LogP) is 2.38. The first kappa shape index (κ1) is 19.9. The van der Waals surface area contributed by atoms with Crippen molar-refractivity contribution in [1.29, 1.82) is 5.26 Å². The van der Waals surface area contributed by atoms with Crippen LogP contribution in [-0.2, 0) is 11.8 Å². The highest BCUT2D eigenvalue weighted by atomic mass is 35.5. The summed E-state index contributed by atoms with van der Waals surface area (Å²) in [5.41, 5.74) is 16.1. The summed E-state index contributed by atoms with van der Waals surface area (Å²) in [6, 6.07) is 6.04. The second-order valence-corrected chi connectivity index (χ2v) is 8.52. The molecule has 0 bridgehead atoms. The molecule has 2 aliphatic rings.